The molecule has 0 radical (unpaired) electrons. The lowest BCUT2D eigenvalue weighted by atomic mass is 9.74. The van der Waals surface area contributed by atoms with Gasteiger partial charge in [0.1, 0.15) is 12.2 Å². The highest BCUT2D eigenvalue weighted by Gasteiger charge is 2.39. The summed E-state index contributed by atoms with van der Waals surface area (Å²) in [7, 11) is 0. The molecule has 1 fully saturated rings. The number of rotatable bonds is 9. The largest absolute Gasteiger partial charge is 0.313 e. The number of aryl methyl sites for hydroxylation is 1. The fourth-order valence-electron chi connectivity index (χ4n) is 3.88. The molecule has 2 rings (SSSR count). The molecule has 0 aromatic carbocycles. The van der Waals surface area contributed by atoms with Gasteiger partial charge in [0.15, 0.2) is 0 Å². The summed E-state index contributed by atoms with van der Waals surface area (Å²) < 4.78 is 2.10. The van der Waals surface area contributed by atoms with E-state index < -0.39 is 0 Å². The first-order valence-electron chi connectivity index (χ1n) is 8.85. The standard InChI is InChI=1S/C17H32N4/c1-4-11-18-15(17(6-3)9-7-8-10-17)13-16-19-14-20-21(16)12-5-2/h14-15,18H,4-13H2,1-3H3. The summed E-state index contributed by atoms with van der Waals surface area (Å²) in [5.41, 5.74) is 0.470. The summed E-state index contributed by atoms with van der Waals surface area (Å²) in [6, 6.07) is 0.546. The van der Waals surface area contributed by atoms with Crippen LogP contribution in [0.4, 0.5) is 0 Å². The van der Waals surface area contributed by atoms with Crippen LogP contribution in [-0.2, 0) is 13.0 Å². The van der Waals surface area contributed by atoms with Gasteiger partial charge in [-0.1, -0.05) is 33.6 Å². The van der Waals surface area contributed by atoms with Crippen LogP contribution >= 0.6 is 0 Å². The van der Waals surface area contributed by atoms with Crippen LogP contribution in [-0.4, -0.2) is 27.4 Å². The Bertz CT molecular complexity index is 407. The minimum atomic E-state index is 0.470. The van der Waals surface area contributed by atoms with Gasteiger partial charge in [0.05, 0.1) is 0 Å². The third kappa shape index (κ3) is 3.85. The van der Waals surface area contributed by atoms with E-state index in [0.717, 1.165) is 31.8 Å². The monoisotopic (exact) mass is 292 g/mol. The molecule has 21 heavy (non-hydrogen) atoms. The second-order valence-electron chi connectivity index (χ2n) is 6.53. The summed E-state index contributed by atoms with van der Waals surface area (Å²) in [6.45, 7) is 8.89. The predicted octanol–water partition coefficient (Wildman–Crippen LogP) is 3.57. The molecule has 1 aliphatic rings. The highest BCUT2D eigenvalue weighted by molar-refractivity contribution is 5.00. The summed E-state index contributed by atoms with van der Waals surface area (Å²) in [6.07, 6.45) is 11.8. The van der Waals surface area contributed by atoms with Crippen LogP contribution in [0.5, 0.6) is 0 Å². The van der Waals surface area contributed by atoms with Crippen molar-refractivity contribution >= 4 is 0 Å². The normalized spacial score (nSPS) is 19.0. The summed E-state index contributed by atoms with van der Waals surface area (Å²) in [4.78, 5) is 4.53. The Kier molecular flexibility index (Phi) is 6.22. The van der Waals surface area contributed by atoms with Crippen LogP contribution in [0.25, 0.3) is 0 Å². The van der Waals surface area contributed by atoms with E-state index in [2.05, 4.69) is 40.9 Å². The fourth-order valence-corrected chi connectivity index (χ4v) is 3.88. The maximum absolute atomic E-state index is 4.53. The quantitative estimate of drug-likeness (QED) is 0.756. The van der Waals surface area contributed by atoms with E-state index in [4.69, 9.17) is 0 Å². The third-order valence-electron chi connectivity index (χ3n) is 5.20. The molecule has 1 saturated carbocycles. The third-order valence-corrected chi connectivity index (χ3v) is 5.20. The summed E-state index contributed by atoms with van der Waals surface area (Å²) in [5, 5.41) is 8.22. The zero-order valence-electron chi connectivity index (χ0n) is 14.1. The van der Waals surface area contributed by atoms with Crippen LogP contribution in [0.3, 0.4) is 0 Å². The second kappa shape index (κ2) is 7.92. The van der Waals surface area contributed by atoms with E-state index in [1.807, 2.05) is 0 Å². The van der Waals surface area contributed by atoms with Gasteiger partial charge < -0.3 is 5.32 Å². The lowest BCUT2D eigenvalue weighted by Gasteiger charge is -2.37. The van der Waals surface area contributed by atoms with Crippen LogP contribution in [0.1, 0.15) is 71.5 Å². The topological polar surface area (TPSA) is 42.7 Å². The van der Waals surface area contributed by atoms with Crippen molar-refractivity contribution in [3.8, 4) is 0 Å². The lowest BCUT2D eigenvalue weighted by molar-refractivity contribution is 0.181. The Hall–Kier alpha value is -0.900. The highest BCUT2D eigenvalue weighted by Crippen LogP contribution is 2.44. The summed E-state index contributed by atoms with van der Waals surface area (Å²) >= 11 is 0. The van der Waals surface area contributed by atoms with Crippen molar-refractivity contribution in [3.63, 3.8) is 0 Å². The minimum absolute atomic E-state index is 0.470. The van der Waals surface area contributed by atoms with Crippen molar-refractivity contribution in [2.75, 3.05) is 6.54 Å². The first kappa shape index (κ1) is 16.5. The van der Waals surface area contributed by atoms with Gasteiger partial charge in [0.2, 0.25) is 0 Å². The van der Waals surface area contributed by atoms with Gasteiger partial charge in [-0.25, -0.2) is 4.98 Å². The fraction of sp³-hybridized carbons (Fsp3) is 0.882. The van der Waals surface area contributed by atoms with Crippen LogP contribution < -0.4 is 5.32 Å². The molecule has 1 aromatic rings. The molecule has 0 amide bonds. The van der Waals surface area contributed by atoms with Gasteiger partial charge in [-0.3, -0.25) is 4.68 Å². The molecule has 1 atom stereocenters. The SMILES string of the molecule is CCCNC(Cc1ncnn1CCC)C1(CC)CCCC1. The Morgan fingerprint density at radius 3 is 2.62 bits per heavy atom. The number of hydrogen-bond donors (Lipinski definition) is 1. The second-order valence-corrected chi connectivity index (χ2v) is 6.53. The molecule has 0 aliphatic heterocycles. The lowest BCUT2D eigenvalue weighted by Crippen LogP contribution is -2.46. The van der Waals surface area contributed by atoms with E-state index >= 15 is 0 Å². The Morgan fingerprint density at radius 2 is 2.00 bits per heavy atom. The smallest absolute Gasteiger partial charge is 0.138 e. The molecule has 0 spiro atoms. The van der Waals surface area contributed by atoms with E-state index in [-0.39, 0.29) is 0 Å². The first-order chi connectivity index (χ1) is 10.3. The van der Waals surface area contributed by atoms with Crippen molar-refractivity contribution < 1.29 is 0 Å². The summed E-state index contributed by atoms with van der Waals surface area (Å²) in [5.74, 6) is 1.16. The van der Waals surface area contributed by atoms with Crippen LogP contribution in [0.2, 0.25) is 0 Å². The predicted molar refractivity (Wildman–Crippen MR) is 87.3 cm³/mol. The van der Waals surface area contributed by atoms with Gasteiger partial charge in [-0.2, -0.15) is 5.10 Å². The Morgan fingerprint density at radius 1 is 1.24 bits per heavy atom. The Labute approximate surface area is 129 Å². The number of nitrogens with one attached hydrogen (secondary N) is 1. The molecule has 4 heteroatoms. The van der Waals surface area contributed by atoms with Gasteiger partial charge in [0, 0.05) is 19.0 Å². The maximum atomic E-state index is 4.53. The number of hydrogen-bond acceptors (Lipinski definition) is 3. The molecule has 1 aliphatic carbocycles. The highest BCUT2D eigenvalue weighted by atomic mass is 15.3. The van der Waals surface area contributed by atoms with Crippen LogP contribution in [0.15, 0.2) is 6.33 Å². The zero-order chi connectivity index (χ0) is 15.1. The molecule has 1 heterocycles. The van der Waals surface area contributed by atoms with Crippen molar-refractivity contribution in [3.05, 3.63) is 12.2 Å². The van der Waals surface area contributed by atoms with E-state index in [0.29, 0.717) is 11.5 Å². The molecule has 120 valence electrons. The van der Waals surface area contributed by atoms with E-state index in [9.17, 15) is 0 Å². The van der Waals surface area contributed by atoms with Gasteiger partial charge >= 0.3 is 0 Å². The van der Waals surface area contributed by atoms with Crippen molar-refractivity contribution in [2.24, 2.45) is 5.41 Å². The average Bonchev–Trinajstić information content (AvgIpc) is 3.14. The molecular formula is C17H32N4. The van der Waals surface area contributed by atoms with Crippen molar-refractivity contribution in [2.45, 2.75) is 84.7 Å². The van der Waals surface area contributed by atoms with Crippen molar-refractivity contribution in [1.29, 1.82) is 0 Å². The molecular weight excluding hydrogens is 260 g/mol. The molecule has 0 saturated heterocycles. The maximum Gasteiger partial charge on any atom is 0.138 e. The van der Waals surface area contributed by atoms with E-state index in [1.54, 1.807) is 6.33 Å². The number of aromatic nitrogens is 3. The first-order valence-corrected chi connectivity index (χ1v) is 8.85. The van der Waals surface area contributed by atoms with Crippen LogP contribution in [0, 0.1) is 5.41 Å². The van der Waals surface area contributed by atoms with E-state index in [1.165, 1.54) is 38.5 Å². The zero-order valence-corrected chi connectivity index (χ0v) is 14.1. The molecule has 1 aromatic heterocycles. The number of nitrogens with zero attached hydrogens (tertiary/aromatic N) is 3. The van der Waals surface area contributed by atoms with Gasteiger partial charge in [0.25, 0.3) is 0 Å². The average molecular weight is 292 g/mol. The molecule has 1 N–H and O–H groups in total. The Balaban J connectivity index is 2.13. The van der Waals surface area contributed by atoms with Gasteiger partial charge in [-0.05, 0) is 44.1 Å². The molecule has 4 nitrogen and oxygen atoms in total. The minimum Gasteiger partial charge on any atom is -0.313 e. The molecule has 0 bridgehead atoms. The van der Waals surface area contributed by atoms with Crippen molar-refractivity contribution in [1.82, 2.24) is 20.1 Å². The van der Waals surface area contributed by atoms with Gasteiger partial charge in [-0.15, -0.1) is 0 Å². The molecule has 1 unspecified atom stereocenters.